The lowest BCUT2D eigenvalue weighted by atomic mass is 10.0. The zero-order valence-electron chi connectivity index (χ0n) is 16.0. The van der Waals surface area contributed by atoms with E-state index < -0.39 is 0 Å². The standard InChI is InChI=1S/C20H31N3O2/c1-13(2)9-14(3)21-11-15-10-17-18(22-19(15)25-4)12-23(20(17)24)16-7-5-6-8-16/h10,13-14,16,21H,5-9,11-12H2,1-4H3. The zero-order chi connectivity index (χ0) is 18.0. The van der Waals surface area contributed by atoms with Crippen LogP contribution in [0.3, 0.4) is 0 Å². The summed E-state index contributed by atoms with van der Waals surface area (Å²) >= 11 is 0. The Morgan fingerprint density at radius 1 is 1.32 bits per heavy atom. The highest BCUT2D eigenvalue weighted by atomic mass is 16.5. The molecule has 1 unspecified atom stereocenters. The van der Waals surface area contributed by atoms with Crippen molar-refractivity contribution in [3.05, 3.63) is 22.9 Å². The summed E-state index contributed by atoms with van der Waals surface area (Å²) in [5.41, 5.74) is 2.60. The monoisotopic (exact) mass is 345 g/mol. The van der Waals surface area contributed by atoms with Crippen molar-refractivity contribution in [1.29, 1.82) is 0 Å². The Bertz CT molecular complexity index is 624. The van der Waals surface area contributed by atoms with Crippen LogP contribution in [0.4, 0.5) is 0 Å². The fourth-order valence-corrected chi connectivity index (χ4v) is 4.16. The number of methoxy groups -OCH3 is 1. The predicted octanol–water partition coefficient (Wildman–Crippen LogP) is 3.51. The van der Waals surface area contributed by atoms with Crippen molar-refractivity contribution in [3.63, 3.8) is 0 Å². The lowest BCUT2D eigenvalue weighted by molar-refractivity contribution is 0.0706. The molecular formula is C20H31N3O2. The molecule has 5 heteroatoms. The van der Waals surface area contributed by atoms with Crippen molar-refractivity contribution < 1.29 is 9.53 Å². The average Bonchev–Trinajstić information content (AvgIpc) is 3.20. The Hall–Kier alpha value is -1.62. The number of fused-ring (bicyclic) bond motifs is 1. The lowest BCUT2D eigenvalue weighted by Gasteiger charge is -2.22. The number of nitrogens with zero attached hydrogens (tertiary/aromatic N) is 2. The highest BCUT2D eigenvalue weighted by Crippen LogP contribution is 2.33. The van der Waals surface area contributed by atoms with E-state index in [4.69, 9.17) is 4.74 Å². The first-order chi connectivity index (χ1) is 12.0. The molecule has 1 aromatic rings. The van der Waals surface area contributed by atoms with Gasteiger partial charge < -0.3 is 15.0 Å². The van der Waals surface area contributed by atoms with Gasteiger partial charge in [-0.2, -0.15) is 0 Å². The molecule has 1 N–H and O–H groups in total. The van der Waals surface area contributed by atoms with E-state index in [-0.39, 0.29) is 5.91 Å². The number of rotatable bonds is 7. The molecule has 25 heavy (non-hydrogen) atoms. The third kappa shape index (κ3) is 3.97. The normalized spacial score (nSPS) is 18.9. The molecule has 2 heterocycles. The molecule has 1 aromatic heterocycles. The number of carbonyl (C=O) groups is 1. The van der Waals surface area contributed by atoms with Crippen molar-refractivity contribution in [2.24, 2.45) is 5.92 Å². The van der Waals surface area contributed by atoms with Crippen LogP contribution >= 0.6 is 0 Å². The van der Waals surface area contributed by atoms with E-state index >= 15 is 0 Å². The first kappa shape index (κ1) is 18.2. The summed E-state index contributed by atoms with van der Waals surface area (Å²) in [6.45, 7) is 7.96. The summed E-state index contributed by atoms with van der Waals surface area (Å²) < 4.78 is 5.50. The van der Waals surface area contributed by atoms with E-state index in [9.17, 15) is 4.79 Å². The van der Waals surface area contributed by atoms with Gasteiger partial charge in [-0.15, -0.1) is 0 Å². The number of ether oxygens (including phenoxy) is 1. The maximum absolute atomic E-state index is 12.8. The number of nitrogens with one attached hydrogen (secondary N) is 1. The fourth-order valence-electron chi connectivity index (χ4n) is 4.16. The first-order valence-electron chi connectivity index (χ1n) is 9.60. The maximum Gasteiger partial charge on any atom is 0.256 e. The minimum Gasteiger partial charge on any atom is -0.481 e. The molecule has 0 spiro atoms. The van der Waals surface area contributed by atoms with E-state index in [1.165, 1.54) is 12.8 Å². The molecule has 2 aliphatic rings. The van der Waals surface area contributed by atoms with Gasteiger partial charge in [0.15, 0.2) is 0 Å². The Morgan fingerprint density at radius 2 is 2.04 bits per heavy atom. The second kappa shape index (κ2) is 7.73. The molecule has 5 nitrogen and oxygen atoms in total. The summed E-state index contributed by atoms with van der Waals surface area (Å²) in [6.07, 6.45) is 5.82. The quantitative estimate of drug-likeness (QED) is 0.821. The number of pyridine rings is 1. The summed E-state index contributed by atoms with van der Waals surface area (Å²) in [5.74, 6) is 1.45. The largest absolute Gasteiger partial charge is 0.481 e. The van der Waals surface area contributed by atoms with Crippen molar-refractivity contribution >= 4 is 5.91 Å². The maximum atomic E-state index is 12.8. The number of amides is 1. The number of hydrogen-bond acceptors (Lipinski definition) is 4. The molecular weight excluding hydrogens is 314 g/mol. The van der Waals surface area contributed by atoms with Gasteiger partial charge in [0, 0.05) is 24.2 Å². The summed E-state index contributed by atoms with van der Waals surface area (Å²) in [6, 6.07) is 2.80. The Labute approximate surface area is 151 Å². The van der Waals surface area contributed by atoms with E-state index in [1.54, 1.807) is 7.11 Å². The van der Waals surface area contributed by atoms with E-state index in [0.29, 0.717) is 37.0 Å². The van der Waals surface area contributed by atoms with Crippen molar-refractivity contribution in [2.75, 3.05) is 7.11 Å². The van der Waals surface area contributed by atoms with Crippen LogP contribution in [0.1, 0.15) is 74.5 Å². The topological polar surface area (TPSA) is 54.5 Å². The van der Waals surface area contributed by atoms with Crippen molar-refractivity contribution in [2.45, 2.75) is 78.0 Å². The highest BCUT2D eigenvalue weighted by molar-refractivity contribution is 5.98. The van der Waals surface area contributed by atoms with E-state index in [1.807, 2.05) is 11.0 Å². The van der Waals surface area contributed by atoms with Gasteiger partial charge in [0.25, 0.3) is 5.91 Å². The second-order valence-electron chi connectivity index (χ2n) is 7.93. The molecule has 0 saturated heterocycles. The molecule has 1 aliphatic heterocycles. The molecule has 1 saturated carbocycles. The third-order valence-corrected chi connectivity index (χ3v) is 5.38. The molecule has 1 atom stereocenters. The van der Waals surface area contributed by atoms with Gasteiger partial charge in [-0.05, 0) is 38.2 Å². The van der Waals surface area contributed by atoms with Crippen LogP contribution in [0.2, 0.25) is 0 Å². The molecule has 0 bridgehead atoms. The SMILES string of the molecule is COc1nc2c(cc1CNC(C)CC(C)C)C(=O)N(C1CCCC1)C2. The fraction of sp³-hybridized carbons (Fsp3) is 0.700. The van der Waals surface area contributed by atoms with Crippen molar-refractivity contribution in [3.8, 4) is 5.88 Å². The van der Waals surface area contributed by atoms with Gasteiger partial charge in [-0.25, -0.2) is 4.98 Å². The van der Waals surface area contributed by atoms with Gasteiger partial charge in [-0.1, -0.05) is 26.7 Å². The number of hydrogen-bond donors (Lipinski definition) is 1. The van der Waals surface area contributed by atoms with Gasteiger partial charge in [0.05, 0.1) is 24.9 Å². The van der Waals surface area contributed by atoms with Gasteiger partial charge >= 0.3 is 0 Å². The molecule has 0 aromatic carbocycles. The molecule has 1 amide bonds. The van der Waals surface area contributed by atoms with Crippen LogP contribution in [-0.4, -0.2) is 35.0 Å². The van der Waals surface area contributed by atoms with Gasteiger partial charge in [-0.3, -0.25) is 4.79 Å². The summed E-state index contributed by atoms with van der Waals surface area (Å²) in [4.78, 5) is 19.5. The molecule has 138 valence electrons. The van der Waals surface area contributed by atoms with Crippen LogP contribution in [0, 0.1) is 5.92 Å². The van der Waals surface area contributed by atoms with Gasteiger partial charge in [0.1, 0.15) is 0 Å². The molecule has 3 rings (SSSR count). The molecule has 1 aliphatic carbocycles. The zero-order valence-corrected chi connectivity index (χ0v) is 16.0. The second-order valence-corrected chi connectivity index (χ2v) is 7.93. The van der Waals surface area contributed by atoms with E-state index in [2.05, 4.69) is 31.1 Å². The van der Waals surface area contributed by atoms with Crippen molar-refractivity contribution in [1.82, 2.24) is 15.2 Å². The minimum atomic E-state index is 0.147. The molecule has 1 fully saturated rings. The Morgan fingerprint density at radius 3 is 2.68 bits per heavy atom. The first-order valence-corrected chi connectivity index (χ1v) is 9.60. The third-order valence-electron chi connectivity index (χ3n) is 5.38. The average molecular weight is 345 g/mol. The smallest absolute Gasteiger partial charge is 0.256 e. The number of carbonyl (C=O) groups excluding carboxylic acids is 1. The summed E-state index contributed by atoms with van der Waals surface area (Å²) in [7, 11) is 1.65. The minimum absolute atomic E-state index is 0.147. The number of aromatic nitrogens is 1. The van der Waals surface area contributed by atoms with Crippen LogP contribution in [0.15, 0.2) is 6.07 Å². The van der Waals surface area contributed by atoms with Crippen LogP contribution in [-0.2, 0) is 13.1 Å². The van der Waals surface area contributed by atoms with E-state index in [0.717, 1.165) is 36.1 Å². The Balaban J connectivity index is 1.75. The highest BCUT2D eigenvalue weighted by Gasteiger charge is 2.35. The predicted molar refractivity (Wildman–Crippen MR) is 98.7 cm³/mol. The van der Waals surface area contributed by atoms with Crippen LogP contribution < -0.4 is 10.1 Å². The Kier molecular flexibility index (Phi) is 5.62. The lowest BCUT2D eigenvalue weighted by Crippen LogP contribution is -2.33. The molecule has 0 radical (unpaired) electrons. The van der Waals surface area contributed by atoms with Crippen LogP contribution in [0.25, 0.3) is 0 Å². The summed E-state index contributed by atoms with van der Waals surface area (Å²) in [5, 5.41) is 3.53. The van der Waals surface area contributed by atoms with Crippen LogP contribution in [0.5, 0.6) is 5.88 Å². The van der Waals surface area contributed by atoms with Gasteiger partial charge in [0.2, 0.25) is 5.88 Å².